The summed E-state index contributed by atoms with van der Waals surface area (Å²) in [4.78, 5) is 20.8. The maximum absolute atomic E-state index is 13.3. The Hall–Kier alpha value is -2.20. The first-order chi connectivity index (χ1) is 12.7. The lowest BCUT2D eigenvalue weighted by atomic mass is 10.2. The summed E-state index contributed by atoms with van der Waals surface area (Å²) in [7, 11) is 0. The fraction of sp³-hybridized carbons (Fsp3) is 0.235. The number of aromatic nitrogens is 2. The molecule has 4 heterocycles. The zero-order chi connectivity index (χ0) is 18.0. The van der Waals surface area contributed by atoms with Crippen molar-refractivity contribution in [2.45, 2.75) is 0 Å². The summed E-state index contributed by atoms with van der Waals surface area (Å²) in [5.41, 5.74) is 0.989. The number of nitrogens with zero attached hydrogens (tertiary/aromatic N) is 3. The SMILES string of the molecule is O=C(Nc1nc(-c2ccco2)c([N+]2([O-])CCSCC2)s1)c1ccncc1. The number of nitrogens with one attached hydrogen (secondary N) is 1. The van der Waals surface area contributed by atoms with Gasteiger partial charge in [-0.15, -0.1) is 0 Å². The summed E-state index contributed by atoms with van der Waals surface area (Å²) >= 11 is 3.00. The van der Waals surface area contributed by atoms with E-state index >= 15 is 0 Å². The summed E-state index contributed by atoms with van der Waals surface area (Å²) < 4.78 is 5.03. The normalized spacial score (nSPS) is 16.3. The van der Waals surface area contributed by atoms with E-state index in [9.17, 15) is 10.0 Å². The van der Waals surface area contributed by atoms with Crippen molar-refractivity contribution >= 4 is 39.1 Å². The van der Waals surface area contributed by atoms with Gasteiger partial charge in [0.05, 0.1) is 19.4 Å². The fourth-order valence-corrected chi connectivity index (χ4v) is 4.84. The number of rotatable bonds is 4. The van der Waals surface area contributed by atoms with Gasteiger partial charge in [0.15, 0.2) is 16.6 Å². The van der Waals surface area contributed by atoms with Gasteiger partial charge in [0, 0.05) is 29.5 Å². The molecule has 0 radical (unpaired) electrons. The van der Waals surface area contributed by atoms with Crippen molar-refractivity contribution in [2.24, 2.45) is 0 Å². The van der Waals surface area contributed by atoms with E-state index in [0.717, 1.165) is 11.5 Å². The zero-order valence-electron chi connectivity index (χ0n) is 13.8. The molecule has 1 aliphatic rings. The van der Waals surface area contributed by atoms with Crippen LogP contribution >= 0.6 is 23.1 Å². The van der Waals surface area contributed by atoms with Crippen LogP contribution in [0.4, 0.5) is 10.1 Å². The molecule has 134 valence electrons. The quantitative estimate of drug-likeness (QED) is 0.542. The molecule has 1 fully saturated rings. The minimum Gasteiger partial charge on any atom is -0.627 e. The predicted molar refractivity (Wildman–Crippen MR) is 104 cm³/mol. The number of hydrogen-bond donors (Lipinski definition) is 1. The van der Waals surface area contributed by atoms with Crippen LogP contribution in [0.1, 0.15) is 10.4 Å². The van der Waals surface area contributed by atoms with E-state index in [1.165, 1.54) is 11.3 Å². The van der Waals surface area contributed by atoms with Gasteiger partial charge in [-0.25, -0.2) is 4.98 Å². The second-order valence-electron chi connectivity index (χ2n) is 5.79. The standard InChI is InChI=1S/C17H16N4O3S2/c22-15(12-3-5-18-6-4-12)20-17-19-14(13-2-1-9-24-13)16(26-17)21(23)7-10-25-11-8-21/h1-6,9H,7-8,10-11H2,(H,19,20,22). The van der Waals surface area contributed by atoms with Crippen LogP contribution in [-0.4, -0.2) is 40.5 Å². The van der Waals surface area contributed by atoms with Gasteiger partial charge < -0.3 is 14.3 Å². The van der Waals surface area contributed by atoms with Crippen molar-refractivity contribution < 1.29 is 9.21 Å². The fourth-order valence-electron chi connectivity index (χ4n) is 2.73. The lowest BCUT2D eigenvalue weighted by Crippen LogP contribution is -2.49. The van der Waals surface area contributed by atoms with Crippen molar-refractivity contribution in [2.75, 3.05) is 29.9 Å². The lowest BCUT2D eigenvalue weighted by molar-refractivity contribution is 0.102. The number of amides is 1. The lowest BCUT2D eigenvalue weighted by Gasteiger charge is -2.43. The highest BCUT2D eigenvalue weighted by Crippen LogP contribution is 2.43. The average Bonchev–Trinajstić information content (AvgIpc) is 3.33. The van der Waals surface area contributed by atoms with Crippen LogP contribution in [0.5, 0.6) is 0 Å². The number of anilines is 1. The first kappa shape index (κ1) is 17.2. The molecule has 3 aromatic rings. The summed E-state index contributed by atoms with van der Waals surface area (Å²) in [6, 6.07) is 6.79. The van der Waals surface area contributed by atoms with Crippen molar-refractivity contribution in [1.29, 1.82) is 0 Å². The van der Waals surface area contributed by atoms with Crippen LogP contribution in [0, 0.1) is 5.21 Å². The molecule has 0 bridgehead atoms. The van der Waals surface area contributed by atoms with Gasteiger partial charge in [0.1, 0.15) is 0 Å². The van der Waals surface area contributed by atoms with Gasteiger partial charge in [-0.2, -0.15) is 11.8 Å². The van der Waals surface area contributed by atoms with Crippen LogP contribution < -0.4 is 9.96 Å². The van der Waals surface area contributed by atoms with Crippen molar-refractivity contribution in [3.05, 3.63) is 53.7 Å². The Morgan fingerprint density at radius 3 is 2.69 bits per heavy atom. The molecule has 9 heteroatoms. The Morgan fingerprint density at radius 1 is 1.23 bits per heavy atom. The van der Waals surface area contributed by atoms with Crippen LogP contribution in [0.25, 0.3) is 11.5 Å². The van der Waals surface area contributed by atoms with E-state index in [-0.39, 0.29) is 5.91 Å². The molecular weight excluding hydrogens is 372 g/mol. The Labute approximate surface area is 158 Å². The molecule has 0 atom stereocenters. The first-order valence-electron chi connectivity index (χ1n) is 8.08. The van der Waals surface area contributed by atoms with Crippen molar-refractivity contribution in [3.63, 3.8) is 0 Å². The number of hydroxylamine groups is 2. The highest BCUT2D eigenvalue weighted by atomic mass is 32.2. The summed E-state index contributed by atoms with van der Waals surface area (Å²) in [6.45, 7) is 0.969. The van der Waals surface area contributed by atoms with Gasteiger partial charge in [-0.05, 0) is 35.6 Å². The second kappa shape index (κ2) is 7.20. The van der Waals surface area contributed by atoms with E-state index in [0.29, 0.717) is 40.2 Å². The largest absolute Gasteiger partial charge is 0.627 e. The number of thiazole rings is 1. The molecule has 7 nitrogen and oxygen atoms in total. The minimum absolute atomic E-state index is 0.287. The molecule has 0 aromatic carbocycles. The third kappa shape index (κ3) is 3.38. The van der Waals surface area contributed by atoms with Crippen molar-refractivity contribution in [1.82, 2.24) is 14.6 Å². The second-order valence-corrected chi connectivity index (χ2v) is 7.99. The molecule has 0 spiro atoms. The Morgan fingerprint density at radius 2 is 2.00 bits per heavy atom. The van der Waals surface area contributed by atoms with E-state index in [1.807, 2.05) is 0 Å². The number of hydrogen-bond acceptors (Lipinski definition) is 7. The highest BCUT2D eigenvalue weighted by Gasteiger charge is 2.32. The number of carbonyl (C=O) groups excluding carboxylic acids is 1. The van der Waals surface area contributed by atoms with Crippen LogP contribution in [0.2, 0.25) is 0 Å². The van der Waals surface area contributed by atoms with E-state index in [4.69, 9.17) is 4.42 Å². The van der Waals surface area contributed by atoms with Crippen LogP contribution in [-0.2, 0) is 0 Å². The number of furan rings is 1. The Balaban J connectivity index is 1.68. The molecule has 3 aromatic heterocycles. The average molecular weight is 388 g/mol. The minimum atomic E-state index is -0.439. The van der Waals surface area contributed by atoms with Gasteiger partial charge in [-0.1, -0.05) is 0 Å². The van der Waals surface area contributed by atoms with E-state index in [1.54, 1.807) is 54.7 Å². The van der Waals surface area contributed by atoms with E-state index in [2.05, 4.69) is 15.3 Å². The third-order valence-corrected chi connectivity index (χ3v) is 6.14. The maximum atomic E-state index is 13.3. The zero-order valence-corrected chi connectivity index (χ0v) is 15.4. The number of pyridine rings is 1. The van der Waals surface area contributed by atoms with Gasteiger partial charge in [0.2, 0.25) is 5.00 Å². The van der Waals surface area contributed by atoms with Crippen molar-refractivity contribution in [3.8, 4) is 11.5 Å². The number of thioether (sulfide) groups is 1. The molecule has 0 saturated carbocycles. The molecule has 0 aliphatic carbocycles. The molecule has 1 saturated heterocycles. The van der Waals surface area contributed by atoms with E-state index < -0.39 is 4.65 Å². The molecule has 1 amide bonds. The Kier molecular flexibility index (Phi) is 4.77. The smallest absolute Gasteiger partial charge is 0.257 e. The third-order valence-electron chi connectivity index (χ3n) is 4.09. The summed E-state index contributed by atoms with van der Waals surface area (Å²) in [5, 5.41) is 17.1. The maximum Gasteiger partial charge on any atom is 0.257 e. The molecule has 0 unspecified atom stereocenters. The highest BCUT2D eigenvalue weighted by molar-refractivity contribution is 7.99. The number of quaternary nitrogens is 1. The summed E-state index contributed by atoms with van der Waals surface area (Å²) in [6.07, 6.45) is 4.66. The van der Waals surface area contributed by atoms with Gasteiger partial charge in [0.25, 0.3) is 5.91 Å². The summed E-state index contributed by atoms with van der Waals surface area (Å²) in [5.74, 6) is 1.85. The van der Waals surface area contributed by atoms with Crippen LogP contribution in [0.3, 0.4) is 0 Å². The monoisotopic (exact) mass is 388 g/mol. The first-order valence-corrected chi connectivity index (χ1v) is 10.1. The molecule has 1 N–H and O–H groups in total. The Bertz CT molecular complexity index is 890. The molecule has 4 rings (SSSR count). The molecular formula is C17H16N4O3S2. The van der Waals surface area contributed by atoms with Crippen LogP contribution in [0.15, 0.2) is 47.3 Å². The molecule has 26 heavy (non-hydrogen) atoms. The van der Waals surface area contributed by atoms with Gasteiger partial charge in [-0.3, -0.25) is 15.1 Å². The predicted octanol–water partition coefficient (Wildman–Crippen LogP) is 3.60. The topological polar surface area (TPSA) is 91.1 Å². The number of carbonyl (C=O) groups is 1. The van der Waals surface area contributed by atoms with Gasteiger partial charge >= 0.3 is 0 Å². The molecule has 1 aliphatic heterocycles.